The Morgan fingerprint density at radius 2 is 2.05 bits per heavy atom. The second kappa shape index (κ2) is 6.47. The molecule has 1 N–H and O–H groups in total. The third-order valence-corrected chi connectivity index (χ3v) is 2.64. The minimum atomic E-state index is -0.196. The van der Waals surface area contributed by atoms with E-state index in [-0.39, 0.29) is 5.91 Å². The highest BCUT2D eigenvalue weighted by Crippen LogP contribution is 2.09. The van der Waals surface area contributed by atoms with Crippen molar-refractivity contribution >= 4 is 17.9 Å². The highest BCUT2D eigenvalue weighted by atomic mass is 16.6. The number of hydrogen-bond donors (Lipinski definition) is 1. The molecule has 1 amide bonds. The normalized spacial score (nSPS) is 10.5. The minimum Gasteiger partial charge on any atom is -0.399 e. The molecule has 2 rings (SSSR count). The van der Waals surface area contributed by atoms with Crippen LogP contribution in [0.25, 0.3) is 0 Å². The first-order valence-corrected chi connectivity index (χ1v) is 6.09. The topological polar surface area (TPSA) is 63.6 Å². The molecule has 0 aliphatic carbocycles. The smallest absolute Gasteiger partial charge is 0.256 e. The van der Waals surface area contributed by atoms with E-state index in [1.54, 1.807) is 36.7 Å². The van der Waals surface area contributed by atoms with E-state index in [0.717, 1.165) is 11.1 Å². The van der Waals surface area contributed by atoms with Crippen LogP contribution in [0.1, 0.15) is 21.5 Å². The van der Waals surface area contributed by atoms with Crippen LogP contribution in [-0.2, 0) is 4.84 Å². The van der Waals surface area contributed by atoms with Gasteiger partial charge < -0.3 is 10.2 Å². The van der Waals surface area contributed by atoms with Crippen molar-refractivity contribution in [2.75, 3.05) is 12.4 Å². The lowest BCUT2D eigenvalue weighted by atomic mass is 10.1. The summed E-state index contributed by atoms with van der Waals surface area (Å²) in [6, 6.07) is 10.7. The van der Waals surface area contributed by atoms with Crippen molar-refractivity contribution in [3.05, 3.63) is 59.3 Å². The van der Waals surface area contributed by atoms with Crippen LogP contribution in [0.3, 0.4) is 0 Å². The zero-order valence-electron chi connectivity index (χ0n) is 11.3. The first kappa shape index (κ1) is 13.7. The van der Waals surface area contributed by atoms with Crippen molar-refractivity contribution in [1.29, 1.82) is 0 Å². The van der Waals surface area contributed by atoms with Crippen LogP contribution in [0.15, 0.2) is 47.8 Å². The van der Waals surface area contributed by atoms with E-state index in [0.29, 0.717) is 11.4 Å². The molecule has 0 atom stereocenters. The molecule has 0 saturated carbocycles. The predicted octanol–water partition coefficient (Wildman–Crippen LogP) is 2.62. The average molecular weight is 269 g/mol. The monoisotopic (exact) mass is 269 g/mol. The molecule has 0 spiro atoms. The molecule has 5 heteroatoms. The fourth-order valence-corrected chi connectivity index (χ4v) is 1.63. The number of anilines is 1. The number of nitrogens with zero attached hydrogens (tertiary/aromatic N) is 2. The summed E-state index contributed by atoms with van der Waals surface area (Å²) < 4.78 is 0. The minimum absolute atomic E-state index is 0.196. The third kappa shape index (κ3) is 3.65. The molecule has 0 bridgehead atoms. The van der Waals surface area contributed by atoms with Crippen LogP contribution in [0.5, 0.6) is 0 Å². The number of oxime groups is 1. The molecule has 1 heterocycles. The van der Waals surface area contributed by atoms with Gasteiger partial charge in [-0.25, -0.2) is 4.98 Å². The van der Waals surface area contributed by atoms with E-state index in [1.165, 1.54) is 7.11 Å². The highest BCUT2D eigenvalue weighted by Gasteiger charge is 2.06. The average Bonchev–Trinajstić information content (AvgIpc) is 2.45. The number of aryl methyl sites for hydroxylation is 1. The Kier molecular flexibility index (Phi) is 4.44. The van der Waals surface area contributed by atoms with E-state index in [1.807, 2.05) is 19.1 Å². The molecular formula is C15H15N3O2. The molecule has 0 saturated heterocycles. The number of benzene rings is 1. The molecule has 0 unspecified atom stereocenters. The number of nitrogens with one attached hydrogen (secondary N) is 1. The van der Waals surface area contributed by atoms with Crippen LogP contribution in [0.2, 0.25) is 0 Å². The van der Waals surface area contributed by atoms with Crippen LogP contribution in [-0.4, -0.2) is 24.2 Å². The van der Waals surface area contributed by atoms with Gasteiger partial charge in [-0.15, -0.1) is 0 Å². The number of pyridine rings is 1. The van der Waals surface area contributed by atoms with Gasteiger partial charge in [0.25, 0.3) is 5.91 Å². The Hall–Kier alpha value is -2.69. The summed E-state index contributed by atoms with van der Waals surface area (Å²) in [5.74, 6) is 0.346. The summed E-state index contributed by atoms with van der Waals surface area (Å²) in [5.41, 5.74) is 2.46. The zero-order chi connectivity index (χ0) is 14.4. The lowest BCUT2D eigenvalue weighted by molar-refractivity contribution is 0.102. The van der Waals surface area contributed by atoms with Crippen molar-refractivity contribution in [3.8, 4) is 0 Å². The first-order valence-electron chi connectivity index (χ1n) is 6.09. The van der Waals surface area contributed by atoms with Gasteiger partial charge in [-0.05, 0) is 42.3 Å². The van der Waals surface area contributed by atoms with E-state index in [4.69, 9.17) is 0 Å². The predicted molar refractivity (Wildman–Crippen MR) is 78.0 cm³/mol. The maximum atomic E-state index is 12.0. The van der Waals surface area contributed by atoms with Crippen molar-refractivity contribution in [2.24, 2.45) is 5.16 Å². The lowest BCUT2D eigenvalue weighted by Gasteiger charge is -2.05. The lowest BCUT2D eigenvalue weighted by Crippen LogP contribution is -2.12. The van der Waals surface area contributed by atoms with Gasteiger partial charge in [0, 0.05) is 11.8 Å². The molecular weight excluding hydrogens is 254 g/mol. The number of amides is 1. The van der Waals surface area contributed by atoms with Crippen LogP contribution < -0.4 is 5.32 Å². The van der Waals surface area contributed by atoms with Gasteiger partial charge in [-0.1, -0.05) is 17.3 Å². The second-order valence-electron chi connectivity index (χ2n) is 4.21. The third-order valence-electron chi connectivity index (χ3n) is 2.64. The van der Waals surface area contributed by atoms with Crippen molar-refractivity contribution in [2.45, 2.75) is 6.92 Å². The molecule has 0 radical (unpaired) electrons. The summed E-state index contributed by atoms with van der Waals surface area (Å²) in [6.07, 6.45) is 3.24. The summed E-state index contributed by atoms with van der Waals surface area (Å²) >= 11 is 0. The van der Waals surface area contributed by atoms with Crippen molar-refractivity contribution in [1.82, 2.24) is 4.98 Å². The van der Waals surface area contributed by atoms with Gasteiger partial charge in [-0.3, -0.25) is 4.79 Å². The van der Waals surface area contributed by atoms with Gasteiger partial charge in [0.15, 0.2) is 0 Å². The SMILES string of the molecule is CO/N=C/c1ccc(C(=O)Nc2cc(C)ccn2)cc1. The van der Waals surface area contributed by atoms with Crippen LogP contribution >= 0.6 is 0 Å². The fraction of sp³-hybridized carbons (Fsp3) is 0.133. The number of aromatic nitrogens is 1. The maximum Gasteiger partial charge on any atom is 0.256 e. The van der Waals surface area contributed by atoms with E-state index < -0.39 is 0 Å². The van der Waals surface area contributed by atoms with Gasteiger partial charge >= 0.3 is 0 Å². The highest BCUT2D eigenvalue weighted by molar-refractivity contribution is 6.04. The number of carbonyl (C=O) groups is 1. The largest absolute Gasteiger partial charge is 0.399 e. The van der Waals surface area contributed by atoms with Crippen molar-refractivity contribution in [3.63, 3.8) is 0 Å². The van der Waals surface area contributed by atoms with Crippen LogP contribution in [0.4, 0.5) is 5.82 Å². The van der Waals surface area contributed by atoms with Gasteiger partial charge in [0.1, 0.15) is 12.9 Å². The summed E-state index contributed by atoms with van der Waals surface area (Å²) in [6.45, 7) is 1.95. The molecule has 5 nitrogen and oxygen atoms in total. The van der Waals surface area contributed by atoms with E-state index >= 15 is 0 Å². The quantitative estimate of drug-likeness (QED) is 0.685. The Labute approximate surface area is 117 Å². The summed E-state index contributed by atoms with van der Waals surface area (Å²) in [7, 11) is 1.48. The zero-order valence-corrected chi connectivity index (χ0v) is 11.3. The Morgan fingerprint density at radius 3 is 2.70 bits per heavy atom. The Balaban J connectivity index is 2.07. The van der Waals surface area contributed by atoms with Gasteiger partial charge in [-0.2, -0.15) is 0 Å². The van der Waals surface area contributed by atoms with Crippen molar-refractivity contribution < 1.29 is 9.63 Å². The van der Waals surface area contributed by atoms with Gasteiger partial charge in [0.2, 0.25) is 0 Å². The number of rotatable bonds is 4. The molecule has 102 valence electrons. The molecule has 20 heavy (non-hydrogen) atoms. The number of hydrogen-bond acceptors (Lipinski definition) is 4. The first-order chi connectivity index (χ1) is 9.69. The van der Waals surface area contributed by atoms with E-state index in [2.05, 4.69) is 20.3 Å². The standard InChI is InChI=1S/C15H15N3O2/c1-11-7-8-16-14(9-11)18-15(19)13-5-3-12(4-6-13)10-17-20-2/h3-10H,1-2H3,(H,16,18,19)/b17-10+. The van der Waals surface area contributed by atoms with Crippen LogP contribution in [0, 0.1) is 6.92 Å². The second-order valence-corrected chi connectivity index (χ2v) is 4.21. The van der Waals surface area contributed by atoms with Gasteiger partial charge in [0.05, 0.1) is 6.21 Å². The number of carbonyl (C=O) groups excluding carboxylic acids is 1. The Bertz CT molecular complexity index is 621. The summed E-state index contributed by atoms with van der Waals surface area (Å²) in [4.78, 5) is 20.7. The molecule has 0 fully saturated rings. The molecule has 0 aliphatic heterocycles. The fourth-order valence-electron chi connectivity index (χ4n) is 1.63. The Morgan fingerprint density at radius 1 is 1.30 bits per heavy atom. The molecule has 0 aliphatic rings. The summed E-state index contributed by atoms with van der Waals surface area (Å²) in [5, 5.41) is 6.41. The molecule has 2 aromatic rings. The van der Waals surface area contributed by atoms with E-state index in [9.17, 15) is 4.79 Å². The maximum absolute atomic E-state index is 12.0. The molecule has 1 aromatic heterocycles. The molecule has 1 aromatic carbocycles.